The number of nitrogens with zero attached hydrogens (tertiary/aromatic N) is 4. The van der Waals surface area contributed by atoms with Crippen LogP contribution < -0.4 is 4.90 Å². The molecule has 0 aliphatic carbocycles. The zero-order chi connectivity index (χ0) is 21.5. The smallest absolute Gasteiger partial charge is 0.328 e. The average molecular weight is 406 g/mol. The second-order valence-electron chi connectivity index (χ2n) is 7.04. The maximum Gasteiger partial charge on any atom is 0.328 e. The molecular weight excluding hydrogens is 384 g/mol. The summed E-state index contributed by atoms with van der Waals surface area (Å²) in [6, 6.07) is 15.2. The molecule has 3 heterocycles. The summed E-state index contributed by atoms with van der Waals surface area (Å²) in [5, 5.41) is 24.3. The highest BCUT2D eigenvalue weighted by Gasteiger charge is 2.41. The molecule has 4 rings (SSSR count). The Balaban J connectivity index is 0.000000275. The predicted octanol–water partition coefficient (Wildman–Crippen LogP) is 1.48. The molecule has 0 amide bonds. The summed E-state index contributed by atoms with van der Waals surface area (Å²) in [6.45, 7) is 2.19. The fourth-order valence-corrected chi connectivity index (χ4v) is 3.49. The third-order valence-electron chi connectivity index (χ3n) is 4.94. The summed E-state index contributed by atoms with van der Waals surface area (Å²) in [5.74, 6) is 4.64. The van der Waals surface area contributed by atoms with Gasteiger partial charge in [0.05, 0.1) is 0 Å². The first-order valence-electron chi connectivity index (χ1n) is 9.44. The van der Waals surface area contributed by atoms with Crippen LogP contribution in [0.1, 0.15) is 17.7 Å². The molecule has 0 radical (unpaired) electrons. The molecule has 8 heteroatoms. The number of rotatable bonds is 3. The van der Waals surface area contributed by atoms with Crippen molar-refractivity contribution in [2.75, 3.05) is 25.0 Å². The Morgan fingerprint density at radius 1 is 0.967 bits per heavy atom. The van der Waals surface area contributed by atoms with Gasteiger partial charge in [-0.25, -0.2) is 9.59 Å². The van der Waals surface area contributed by atoms with Crippen LogP contribution in [-0.2, 0) is 9.59 Å². The van der Waals surface area contributed by atoms with Gasteiger partial charge in [-0.15, -0.1) is 10.2 Å². The molecule has 0 saturated carbocycles. The summed E-state index contributed by atoms with van der Waals surface area (Å²) in [6.07, 6.45) is 2.36. The van der Waals surface area contributed by atoms with Gasteiger partial charge in [-0.05, 0) is 43.7 Å². The third-order valence-corrected chi connectivity index (χ3v) is 4.94. The van der Waals surface area contributed by atoms with Crippen LogP contribution in [0.15, 0.2) is 54.6 Å². The quantitative estimate of drug-likeness (QED) is 0.583. The number of carbonyl (C=O) groups is 2. The van der Waals surface area contributed by atoms with E-state index in [0.29, 0.717) is 29.9 Å². The summed E-state index contributed by atoms with van der Waals surface area (Å²) < 4.78 is 0. The van der Waals surface area contributed by atoms with Gasteiger partial charge in [0.1, 0.15) is 5.69 Å². The highest BCUT2D eigenvalue weighted by atomic mass is 16.4. The Labute approximate surface area is 174 Å². The molecule has 0 spiro atoms. The van der Waals surface area contributed by atoms with Crippen LogP contribution >= 0.6 is 0 Å². The van der Waals surface area contributed by atoms with Crippen molar-refractivity contribution in [1.82, 2.24) is 15.1 Å². The molecule has 2 saturated heterocycles. The summed E-state index contributed by atoms with van der Waals surface area (Å²) >= 11 is 0. The number of anilines is 1. The number of benzene rings is 1. The number of piperazine rings is 1. The van der Waals surface area contributed by atoms with Crippen molar-refractivity contribution in [2.45, 2.75) is 18.5 Å². The Hall–Kier alpha value is -3.70. The highest BCUT2D eigenvalue weighted by Crippen LogP contribution is 2.32. The average Bonchev–Trinajstić information content (AvgIpc) is 3.32. The minimum Gasteiger partial charge on any atom is -0.478 e. The van der Waals surface area contributed by atoms with Crippen LogP contribution in [0, 0.1) is 11.8 Å². The first-order chi connectivity index (χ1) is 14.4. The van der Waals surface area contributed by atoms with E-state index in [9.17, 15) is 9.59 Å². The van der Waals surface area contributed by atoms with E-state index in [2.05, 4.69) is 38.9 Å². The van der Waals surface area contributed by atoms with E-state index >= 15 is 0 Å². The molecule has 30 heavy (non-hydrogen) atoms. The van der Waals surface area contributed by atoms with Crippen molar-refractivity contribution in [3.63, 3.8) is 0 Å². The molecule has 2 fully saturated rings. The second-order valence-corrected chi connectivity index (χ2v) is 7.04. The van der Waals surface area contributed by atoms with Gasteiger partial charge in [0.25, 0.3) is 0 Å². The van der Waals surface area contributed by atoms with E-state index < -0.39 is 11.9 Å². The van der Waals surface area contributed by atoms with Crippen molar-refractivity contribution in [3.8, 4) is 11.8 Å². The van der Waals surface area contributed by atoms with Crippen molar-refractivity contribution in [3.05, 3.63) is 65.9 Å². The van der Waals surface area contributed by atoms with Gasteiger partial charge >= 0.3 is 11.9 Å². The number of likely N-dealkylation sites (N-methyl/N-ethyl adjacent to an activating group) is 1. The van der Waals surface area contributed by atoms with Crippen LogP contribution in [0.3, 0.4) is 0 Å². The first kappa shape index (κ1) is 21.0. The van der Waals surface area contributed by atoms with Gasteiger partial charge in [-0.1, -0.05) is 24.1 Å². The van der Waals surface area contributed by atoms with E-state index in [1.54, 1.807) is 0 Å². The zero-order valence-electron chi connectivity index (χ0n) is 16.5. The summed E-state index contributed by atoms with van der Waals surface area (Å²) in [4.78, 5) is 23.9. The molecular formula is C22H22N4O4. The SMILES string of the molecule is CN1C[C@@H]2C[C@H]1CN2c1ccc(C#Cc2ccccc2)nn1.O=C(O)/C=C/C(=O)O. The Kier molecular flexibility index (Phi) is 6.78. The number of aliphatic carboxylic acids is 2. The monoisotopic (exact) mass is 406 g/mol. The Morgan fingerprint density at radius 3 is 2.17 bits per heavy atom. The van der Waals surface area contributed by atoms with Crippen LogP contribution in [0.2, 0.25) is 0 Å². The maximum atomic E-state index is 9.55. The normalized spacial score (nSPS) is 19.7. The molecule has 0 unspecified atom stereocenters. The largest absolute Gasteiger partial charge is 0.478 e. The molecule has 2 bridgehead atoms. The van der Waals surface area contributed by atoms with Crippen LogP contribution in [-0.4, -0.2) is 69.5 Å². The fraction of sp³-hybridized carbons (Fsp3) is 0.273. The lowest BCUT2D eigenvalue weighted by molar-refractivity contribution is -0.134. The van der Waals surface area contributed by atoms with Crippen molar-refractivity contribution < 1.29 is 19.8 Å². The van der Waals surface area contributed by atoms with E-state index in [1.807, 2.05) is 42.5 Å². The van der Waals surface area contributed by atoms with Gasteiger partial charge in [0.2, 0.25) is 0 Å². The maximum absolute atomic E-state index is 9.55. The minimum atomic E-state index is -1.26. The molecule has 2 aliphatic heterocycles. The van der Waals surface area contributed by atoms with Gasteiger partial charge in [-0.2, -0.15) is 0 Å². The number of carboxylic acids is 2. The van der Waals surface area contributed by atoms with Gasteiger partial charge in [0, 0.05) is 42.9 Å². The van der Waals surface area contributed by atoms with E-state index in [0.717, 1.165) is 24.5 Å². The number of hydrogen-bond acceptors (Lipinski definition) is 6. The molecule has 1 aromatic heterocycles. The number of carboxylic acid groups (broad SMARTS) is 2. The Morgan fingerprint density at radius 2 is 1.67 bits per heavy atom. The lowest BCUT2D eigenvalue weighted by Crippen LogP contribution is -2.44. The molecule has 2 aliphatic rings. The van der Waals surface area contributed by atoms with E-state index in [4.69, 9.17) is 10.2 Å². The Bertz CT molecular complexity index is 962. The summed E-state index contributed by atoms with van der Waals surface area (Å²) in [7, 11) is 2.20. The van der Waals surface area contributed by atoms with Gasteiger partial charge < -0.3 is 15.1 Å². The highest BCUT2D eigenvalue weighted by molar-refractivity contribution is 5.89. The number of aromatic nitrogens is 2. The number of hydrogen-bond donors (Lipinski definition) is 2. The zero-order valence-corrected chi connectivity index (χ0v) is 16.5. The van der Waals surface area contributed by atoms with E-state index in [-0.39, 0.29) is 0 Å². The fourth-order valence-electron chi connectivity index (χ4n) is 3.49. The topological polar surface area (TPSA) is 107 Å². The second kappa shape index (κ2) is 9.67. The lowest BCUT2D eigenvalue weighted by atomic mass is 10.2. The van der Waals surface area contributed by atoms with Crippen molar-refractivity contribution in [1.29, 1.82) is 0 Å². The number of likely N-dealkylation sites (tertiary alicyclic amines) is 1. The van der Waals surface area contributed by atoms with Crippen LogP contribution in [0.4, 0.5) is 5.82 Å². The lowest BCUT2D eigenvalue weighted by Gasteiger charge is -2.32. The molecule has 1 aromatic carbocycles. The third kappa shape index (κ3) is 5.65. The molecule has 2 atom stereocenters. The standard InChI is InChI=1S/C18H18N4.C4H4O4/c1-21-12-17-11-16(21)13-22(17)18-10-9-15(19-20-18)8-7-14-5-3-2-4-6-14;5-3(6)1-2-4(7)8/h2-6,9-10,16-17H,11-13H2,1H3;1-2H,(H,5,6)(H,7,8)/b;2-1+/t16-,17-;/m0./s1. The first-order valence-corrected chi connectivity index (χ1v) is 9.44. The molecule has 2 N–H and O–H groups in total. The van der Waals surface area contributed by atoms with Gasteiger partial charge in [-0.3, -0.25) is 4.90 Å². The van der Waals surface area contributed by atoms with Crippen molar-refractivity contribution in [2.24, 2.45) is 0 Å². The summed E-state index contributed by atoms with van der Waals surface area (Å²) in [5.41, 5.74) is 1.71. The number of fused-ring (bicyclic) bond motifs is 2. The van der Waals surface area contributed by atoms with Crippen molar-refractivity contribution >= 4 is 17.8 Å². The van der Waals surface area contributed by atoms with Gasteiger partial charge in [0.15, 0.2) is 5.82 Å². The van der Waals surface area contributed by atoms with E-state index in [1.165, 1.54) is 6.42 Å². The molecule has 154 valence electrons. The predicted molar refractivity (Wildman–Crippen MR) is 111 cm³/mol. The molecule has 8 nitrogen and oxygen atoms in total. The minimum absolute atomic E-state index is 0.558. The van der Waals surface area contributed by atoms with Crippen LogP contribution in [0.25, 0.3) is 0 Å². The van der Waals surface area contributed by atoms with Crippen LogP contribution in [0.5, 0.6) is 0 Å². The molecule has 2 aromatic rings.